The van der Waals surface area contributed by atoms with Crippen molar-refractivity contribution >= 4 is 11.9 Å². The molecule has 1 N–H and O–H groups in total. The third-order valence-electron chi connectivity index (χ3n) is 4.00. The van der Waals surface area contributed by atoms with Crippen molar-refractivity contribution in [1.82, 2.24) is 4.90 Å². The van der Waals surface area contributed by atoms with Gasteiger partial charge in [-0.05, 0) is 29.7 Å². The lowest BCUT2D eigenvalue weighted by Crippen LogP contribution is -2.38. The zero-order valence-electron chi connectivity index (χ0n) is 15.0. The number of hydrogen-bond acceptors (Lipinski definition) is 4. The Morgan fingerprint density at radius 1 is 0.962 bits per heavy atom. The van der Waals surface area contributed by atoms with Crippen LogP contribution in [0, 0.1) is 0 Å². The van der Waals surface area contributed by atoms with Crippen LogP contribution in [0.5, 0.6) is 11.5 Å². The summed E-state index contributed by atoms with van der Waals surface area (Å²) in [6.45, 7) is 0.0292. The van der Waals surface area contributed by atoms with Crippen molar-refractivity contribution in [1.29, 1.82) is 0 Å². The van der Waals surface area contributed by atoms with E-state index in [2.05, 4.69) is 0 Å². The summed E-state index contributed by atoms with van der Waals surface area (Å²) in [7, 11) is 3.07. The molecule has 6 nitrogen and oxygen atoms in total. The van der Waals surface area contributed by atoms with Gasteiger partial charge in [0.2, 0.25) is 5.91 Å². The predicted octanol–water partition coefficient (Wildman–Crippen LogP) is 2.40. The number of carboxylic acids is 1. The smallest absolute Gasteiger partial charge is 0.323 e. The van der Waals surface area contributed by atoms with E-state index in [-0.39, 0.29) is 18.9 Å². The number of hydrogen-bond donors (Lipinski definition) is 1. The van der Waals surface area contributed by atoms with Crippen molar-refractivity contribution in [3.05, 3.63) is 59.7 Å². The van der Waals surface area contributed by atoms with Gasteiger partial charge in [-0.2, -0.15) is 0 Å². The molecule has 2 aromatic carbocycles. The highest BCUT2D eigenvalue weighted by atomic mass is 16.5. The Kier molecular flexibility index (Phi) is 7.02. The number of carbonyl (C=O) groups is 2. The Hall–Kier alpha value is -3.02. The summed E-state index contributed by atoms with van der Waals surface area (Å²) in [6, 6.07) is 14.9. The second kappa shape index (κ2) is 9.46. The Labute approximate surface area is 153 Å². The van der Waals surface area contributed by atoms with Crippen LogP contribution in [0.25, 0.3) is 0 Å². The van der Waals surface area contributed by atoms with E-state index < -0.39 is 5.97 Å². The van der Waals surface area contributed by atoms with Gasteiger partial charge < -0.3 is 19.5 Å². The van der Waals surface area contributed by atoms with Crippen LogP contribution in [0.1, 0.15) is 11.1 Å². The van der Waals surface area contributed by atoms with Gasteiger partial charge in [-0.1, -0.05) is 36.4 Å². The van der Waals surface area contributed by atoms with Gasteiger partial charge in [0, 0.05) is 6.54 Å². The van der Waals surface area contributed by atoms with Crippen molar-refractivity contribution in [2.24, 2.45) is 0 Å². The van der Waals surface area contributed by atoms with Gasteiger partial charge >= 0.3 is 5.97 Å². The minimum absolute atomic E-state index is 0.0996. The molecule has 0 heterocycles. The minimum Gasteiger partial charge on any atom is -0.493 e. The lowest BCUT2D eigenvalue weighted by atomic mass is 10.1. The number of rotatable bonds is 9. The summed E-state index contributed by atoms with van der Waals surface area (Å²) in [4.78, 5) is 25.1. The molecule has 6 heteroatoms. The third-order valence-corrected chi connectivity index (χ3v) is 4.00. The summed E-state index contributed by atoms with van der Waals surface area (Å²) >= 11 is 0. The maximum Gasteiger partial charge on any atom is 0.323 e. The van der Waals surface area contributed by atoms with Crippen LogP contribution in [-0.4, -0.2) is 49.2 Å². The number of ether oxygens (including phenoxy) is 2. The van der Waals surface area contributed by atoms with Crippen molar-refractivity contribution in [3.63, 3.8) is 0 Å². The first-order valence-electron chi connectivity index (χ1n) is 8.28. The molecular weight excluding hydrogens is 334 g/mol. The monoisotopic (exact) mass is 357 g/mol. The number of aliphatic carboxylic acids is 1. The molecule has 0 unspecified atom stereocenters. The summed E-state index contributed by atoms with van der Waals surface area (Å²) in [5.41, 5.74) is 1.80. The summed E-state index contributed by atoms with van der Waals surface area (Å²) < 4.78 is 10.4. The highest BCUT2D eigenvalue weighted by molar-refractivity contribution is 5.83. The van der Waals surface area contributed by atoms with Gasteiger partial charge in [0.15, 0.2) is 11.5 Å². The topological polar surface area (TPSA) is 76.1 Å². The molecule has 2 rings (SSSR count). The number of methoxy groups -OCH3 is 2. The van der Waals surface area contributed by atoms with Crippen LogP contribution < -0.4 is 9.47 Å². The molecule has 0 aromatic heterocycles. The first-order chi connectivity index (χ1) is 12.5. The molecule has 0 bridgehead atoms. The maximum absolute atomic E-state index is 12.6. The molecule has 0 radical (unpaired) electrons. The van der Waals surface area contributed by atoms with Crippen LogP contribution in [0.4, 0.5) is 0 Å². The highest BCUT2D eigenvalue weighted by Crippen LogP contribution is 2.27. The number of nitrogens with zero attached hydrogens (tertiary/aromatic N) is 1. The van der Waals surface area contributed by atoms with E-state index in [4.69, 9.17) is 14.6 Å². The average molecular weight is 357 g/mol. The molecule has 0 saturated carbocycles. The van der Waals surface area contributed by atoms with E-state index in [1.54, 1.807) is 25.3 Å². The molecule has 0 atom stereocenters. The first kappa shape index (κ1) is 19.3. The summed E-state index contributed by atoms with van der Waals surface area (Å²) in [5, 5.41) is 9.12. The van der Waals surface area contributed by atoms with E-state index in [1.165, 1.54) is 12.0 Å². The zero-order valence-corrected chi connectivity index (χ0v) is 15.0. The first-order valence-corrected chi connectivity index (χ1v) is 8.28. The lowest BCUT2D eigenvalue weighted by Gasteiger charge is -2.21. The Bertz CT molecular complexity index is 745. The lowest BCUT2D eigenvalue weighted by molar-refractivity contribution is -0.144. The van der Waals surface area contributed by atoms with Crippen LogP contribution in [0.2, 0.25) is 0 Å². The molecule has 0 aliphatic heterocycles. The normalized spacial score (nSPS) is 10.2. The Morgan fingerprint density at radius 2 is 1.65 bits per heavy atom. The van der Waals surface area contributed by atoms with E-state index >= 15 is 0 Å². The highest BCUT2D eigenvalue weighted by Gasteiger charge is 2.18. The minimum atomic E-state index is -1.03. The molecule has 0 aliphatic carbocycles. The fourth-order valence-corrected chi connectivity index (χ4v) is 2.64. The maximum atomic E-state index is 12.6. The SMILES string of the molecule is COc1ccc(CC(=O)N(CCc2ccccc2)CC(=O)O)cc1OC. The zero-order chi connectivity index (χ0) is 18.9. The van der Waals surface area contributed by atoms with Crippen molar-refractivity contribution in [2.45, 2.75) is 12.8 Å². The quantitative estimate of drug-likeness (QED) is 0.746. The standard InChI is InChI=1S/C20H23NO5/c1-25-17-9-8-16(12-18(17)26-2)13-19(22)21(14-20(23)24)11-10-15-6-4-3-5-7-15/h3-9,12H,10-11,13-14H2,1-2H3,(H,23,24). The molecular formula is C20H23NO5. The molecule has 0 saturated heterocycles. The predicted molar refractivity (Wildman–Crippen MR) is 97.6 cm³/mol. The summed E-state index contributed by atoms with van der Waals surface area (Å²) in [5.74, 6) is -0.156. The van der Waals surface area contributed by atoms with Crippen molar-refractivity contribution in [3.8, 4) is 11.5 Å². The van der Waals surface area contributed by atoms with Crippen molar-refractivity contribution < 1.29 is 24.2 Å². The second-order valence-corrected chi connectivity index (χ2v) is 5.81. The van der Waals surface area contributed by atoms with Crippen LogP contribution >= 0.6 is 0 Å². The molecule has 1 amide bonds. The van der Waals surface area contributed by atoms with Crippen LogP contribution in [0.3, 0.4) is 0 Å². The number of benzene rings is 2. The average Bonchev–Trinajstić information content (AvgIpc) is 2.65. The van der Waals surface area contributed by atoms with Crippen LogP contribution in [-0.2, 0) is 22.4 Å². The molecule has 0 aliphatic rings. The molecule has 2 aromatic rings. The van der Waals surface area contributed by atoms with Gasteiger partial charge in [0.25, 0.3) is 0 Å². The molecule has 26 heavy (non-hydrogen) atoms. The van der Waals surface area contributed by atoms with Gasteiger partial charge in [0.05, 0.1) is 20.6 Å². The van der Waals surface area contributed by atoms with Gasteiger partial charge in [-0.25, -0.2) is 0 Å². The number of amides is 1. The van der Waals surface area contributed by atoms with Crippen LogP contribution in [0.15, 0.2) is 48.5 Å². The van der Waals surface area contributed by atoms with Gasteiger partial charge in [-0.3, -0.25) is 9.59 Å². The molecule has 0 fully saturated rings. The van der Waals surface area contributed by atoms with Gasteiger partial charge in [-0.15, -0.1) is 0 Å². The number of carbonyl (C=O) groups excluding carboxylic acids is 1. The van der Waals surface area contributed by atoms with Gasteiger partial charge in [0.1, 0.15) is 6.54 Å². The fourth-order valence-electron chi connectivity index (χ4n) is 2.64. The largest absolute Gasteiger partial charge is 0.493 e. The second-order valence-electron chi connectivity index (χ2n) is 5.81. The molecule has 138 valence electrons. The number of carboxylic acid groups (broad SMARTS) is 1. The van der Waals surface area contributed by atoms with E-state index in [1.807, 2.05) is 30.3 Å². The van der Waals surface area contributed by atoms with E-state index in [0.717, 1.165) is 11.1 Å². The Balaban J connectivity index is 2.07. The Morgan fingerprint density at radius 3 is 2.27 bits per heavy atom. The molecule has 0 spiro atoms. The van der Waals surface area contributed by atoms with E-state index in [9.17, 15) is 9.59 Å². The third kappa shape index (κ3) is 5.51. The summed E-state index contributed by atoms with van der Waals surface area (Å²) in [6.07, 6.45) is 0.703. The van der Waals surface area contributed by atoms with Crippen molar-refractivity contribution in [2.75, 3.05) is 27.3 Å². The van der Waals surface area contributed by atoms with E-state index in [0.29, 0.717) is 24.5 Å². The fraction of sp³-hybridized carbons (Fsp3) is 0.300.